The fourth-order valence-electron chi connectivity index (χ4n) is 2.38. The first-order valence-electron chi connectivity index (χ1n) is 9.46. The molecule has 0 aliphatic rings. The molecule has 1 aromatic rings. The van der Waals surface area contributed by atoms with Crippen molar-refractivity contribution in [3.05, 3.63) is 23.8 Å². The topological polar surface area (TPSA) is 64.1 Å². The zero-order chi connectivity index (χ0) is 19.4. The summed E-state index contributed by atoms with van der Waals surface area (Å²) in [6, 6.07) is 6.10. The van der Waals surface area contributed by atoms with Crippen LogP contribution < -0.4 is 20.1 Å². The van der Waals surface area contributed by atoms with Crippen LogP contribution in [0, 0.1) is 5.92 Å². The van der Waals surface area contributed by atoms with E-state index in [-0.39, 0.29) is 30.0 Å². The number of hydrogen-bond acceptors (Lipinski definition) is 4. The van der Waals surface area contributed by atoms with Crippen LogP contribution >= 0.6 is 24.0 Å². The Bertz CT molecular complexity index is 553. The van der Waals surface area contributed by atoms with Gasteiger partial charge in [-0.05, 0) is 44.4 Å². The molecule has 0 bridgehead atoms. The van der Waals surface area contributed by atoms with Crippen molar-refractivity contribution in [2.24, 2.45) is 10.9 Å². The van der Waals surface area contributed by atoms with E-state index in [0.717, 1.165) is 29.6 Å². The molecular formula is C20H36IN3O3. The number of nitrogens with one attached hydrogen (secondary N) is 2. The number of hydrogen-bond donors (Lipinski definition) is 2. The summed E-state index contributed by atoms with van der Waals surface area (Å²) in [5.74, 6) is 2.84. The van der Waals surface area contributed by atoms with Gasteiger partial charge in [0.2, 0.25) is 0 Å². The van der Waals surface area contributed by atoms with Gasteiger partial charge in [0.1, 0.15) is 0 Å². The van der Waals surface area contributed by atoms with Gasteiger partial charge in [-0.2, -0.15) is 0 Å². The SMILES string of the molecule is CCOc1ccc(C(C)NC(=NC)NCCOCC(C)C)cc1OCC.I. The predicted octanol–water partition coefficient (Wildman–Crippen LogP) is 4.00. The first kappa shape index (κ1) is 25.8. The summed E-state index contributed by atoms with van der Waals surface area (Å²) in [6.45, 7) is 13.7. The molecule has 0 fully saturated rings. The Kier molecular flexibility index (Phi) is 14.1. The van der Waals surface area contributed by atoms with Crippen molar-refractivity contribution in [1.29, 1.82) is 0 Å². The Balaban J connectivity index is 0.00000676. The molecule has 1 atom stereocenters. The minimum atomic E-state index is 0. The zero-order valence-electron chi connectivity index (χ0n) is 17.5. The number of nitrogens with zero attached hydrogens (tertiary/aromatic N) is 1. The van der Waals surface area contributed by atoms with Gasteiger partial charge in [-0.25, -0.2) is 0 Å². The Morgan fingerprint density at radius 3 is 2.33 bits per heavy atom. The summed E-state index contributed by atoms with van der Waals surface area (Å²) in [5.41, 5.74) is 1.11. The van der Waals surface area contributed by atoms with Crippen LogP contribution in [0.3, 0.4) is 0 Å². The van der Waals surface area contributed by atoms with E-state index in [1.165, 1.54) is 0 Å². The van der Waals surface area contributed by atoms with E-state index in [1.54, 1.807) is 7.05 Å². The normalized spacial score (nSPS) is 12.3. The van der Waals surface area contributed by atoms with Gasteiger partial charge in [0.25, 0.3) is 0 Å². The van der Waals surface area contributed by atoms with Crippen LogP contribution in [-0.4, -0.2) is 46.0 Å². The lowest BCUT2D eigenvalue weighted by molar-refractivity contribution is 0.114. The van der Waals surface area contributed by atoms with Crippen molar-refractivity contribution < 1.29 is 14.2 Å². The van der Waals surface area contributed by atoms with Gasteiger partial charge in [0.15, 0.2) is 17.5 Å². The third-order valence-corrected chi connectivity index (χ3v) is 3.63. The van der Waals surface area contributed by atoms with Crippen LogP contribution in [0.4, 0.5) is 0 Å². The van der Waals surface area contributed by atoms with Gasteiger partial charge >= 0.3 is 0 Å². The molecule has 1 aromatic carbocycles. The smallest absolute Gasteiger partial charge is 0.191 e. The summed E-state index contributed by atoms with van der Waals surface area (Å²) >= 11 is 0. The van der Waals surface area contributed by atoms with Gasteiger partial charge in [0, 0.05) is 20.2 Å². The monoisotopic (exact) mass is 493 g/mol. The van der Waals surface area contributed by atoms with Crippen LogP contribution in [0.2, 0.25) is 0 Å². The van der Waals surface area contributed by atoms with Gasteiger partial charge in [-0.15, -0.1) is 24.0 Å². The highest BCUT2D eigenvalue weighted by Crippen LogP contribution is 2.30. The van der Waals surface area contributed by atoms with Gasteiger partial charge in [-0.1, -0.05) is 19.9 Å². The maximum Gasteiger partial charge on any atom is 0.191 e. The Hall–Kier alpha value is -1.22. The maximum absolute atomic E-state index is 5.71. The highest BCUT2D eigenvalue weighted by atomic mass is 127. The van der Waals surface area contributed by atoms with Gasteiger partial charge in [0.05, 0.1) is 25.9 Å². The van der Waals surface area contributed by atoms with Crippen molar-refractivity contribution in [1.82, 2.24) is 10.6 Å². The molecule has 0 radical (unpaired) electrons. The minimum absolute atomic E-state index is 0. The van der Waals surface area contributed by atoms with E-state index in [1.807, 2.05) is 32.0 Å². The standard InChI is InChI=1S/C20H35N3O3.HI/c1-7-25-18-10-9-17(13-19(18)26-8-2)16(5)23-20(21-6)22-11-12-24-14-15(3)4;/h9-10,13,15-16H,7-8,11-12,14H2,1-6H3,(H2,21,22,23);1H. The molecular weight excluding hydrogens is 457 g/mol. The lowest BCUT2D eigenvalue weighted by Crippen LogP contribution is -2.40. The summed E-state index contributed by atoms with van der Waals surface area (Å²) in [4.78, 5) is 4.27. The second-order valence-corrected chi connectivity index (χ2v) is 6.41. The fourth-order valence-corrected chi connectivity index (χ4v) is 2.38. The van der Waals surface area contributed by atoms with Crippen molar-refractivity contribution >= 4 is 29.9 Å². The molecule has 0 aliphatic carbocycles. The first-order valence-corrected chi connectivity index (χ1v) is 9.46. The quantitative estimate of drug-likeness (QED) is 0.211. The lowest BCUT2D eigenvalue weighted by Gasteiger charge is -2.20. The van der Waals surface area contributed by atoms with Gasteiger partial charge < -0.3 is 24.8 Å². The summed E-state index contributed by atoms with van der Waals surface area (Å²) in [7, 11) is 1.76. The van der Waals surface area contributed by atoms with Gasteiger partial charge in [-0.3, -0.25) is 4.99 Å². The van der Waals surface area contributed by atoms with E-state index in [0.29, 0.717) is 32.3 Å². The van der Waals surface area contributed by atoms with E-state index in [9.17, 15) is 0 Å². The molecule has 156 valence electrons. The van der Waals surface area contributed by atoms with Crippen LogP contribution in [0.25, 0.3) is 0 Å². The Labute approximate surface area is 181 Å². The number of benzene rings is 1. The third-order valence-electron chi connectivity index (χ3n) is 3.63. The molecule has 2 N–H and O–H groups in total. The largest absolute Gasteiger partial charge is 0.490 e. The summed E-state index contributed by atoms with van der Waals surface area (Å²) < 4.78 is 16.9. The Morgan fingerprint density at radius 2 is 1.74 bits per heavy atom. The van der Waals surface area contributed by atoms with E-state index in [4.69, 9.17) is 14.2 Å². The molecule has 0 saturated carbocycles. The van der Waals surface area contributed by atoms with E-state index in [2.05, 4.69) is 36.4 Å². The average molecular weight is 493 g/mol. The maximum atomic E-state index is 5.71. The number of ether oxygens (including phenoxy) is 3. The zero-order valence-corrected chi connectivity index (χ0v) is 19.8. The molecule has 27 heavy (non-hydrogen) atoms. The summed E-state index contributed by atoms with van der Waals surface area (Å²) in [6.07, 6.45) is 0. The molecule has 0 aromatic heterocycles. The van der Waals surface area contributed by atoms with Crippen LogP contribution in [0.15, 0.2) is 23.2 Å². The number of guanidine groups is 1. The number of rotatable bonds is 11. The molecule has 7 heteroatoms. The van der Waals surface area contributed by atoms with Crippen LogP contribution in [0.5, 0.6) is 11.5 Å². The third kappa shape index (κ3) is 10.0. The predicted molar refractivity (Wildman–Crippen MR) is 123 cm³/mol. The molecule has 1 rings (SSSR count). The second kappa shape index (κ2) is 14.8. The molecule has 0 heterocycles. The van der Waals surface area contributed by atoms with Crippen molar-refractivity contribution in [2.45, 2.75) is 40.7 Å². The molecule has 0 amide bonds. The molecule has 6 nitrogen and oxygen atoms in total. The lowest BCUT2D eigenvalue weighted by atomic mass is 10.1. The molecule has 0 aliphatic heterocycles. The van der Waals surface area contributed by atoms with E-state index < -0.39 is 0 Å². The summed E-state index contributed by atoms with van der Waals surface area (Å²) in [5, 5.41) is 6.66. The number of halogens is 1. The van der Waals surface area contributed by atoms with Crippen LogP contribution in [0.1, 0.15) is 46.2 Å². The fraction of sp³-hybridized carbons (Fsp3) is 0.650. The van der Waals surface area contributed by atoms with Crippen molar-refractivity contribution in [3.63, 3.8) is 0 Å². The highest BCUT2D eigenvalue weighted by Gasteiger charge is 2.12. The first-order chi connectivity index (χ1) is 12.5. The van der Waals surface area contributed by atoms with Crippen molar-refractivity contribution in [2.75, 3.05) is 40.0 Å². The second-order valence-electron chi connectivity index (χ2n) is 6.41. The van der Waals surface area contributed by atoms with Crippen LogP contribution in [-0.2, 0) is 4.74 Å². The molecule has 1 unspecified atom stereocenters. The van der Waals surface area contributed by atoms with Crippen molar-refractivity contribution in [3.8, 4) is 11.5 Å². The molecule has 0 spiro atoms. The Morgan fingerprint density at radius 1 is 1.07 bits per heavy atom. The minimum Gasteiger partial charge on any atom is -0.490 e. The highest BCUT2D eigenvalue weighted by molar-refractivity contribution is 14.0. The average Bonchev–Trinajstić information content (AvgIpc) is 2.61. The number of aliphatic imine (C=N–C) groups is 1. The molecule has 0 saturated heterocycles. The van der Waals surface area contributed by atoms with E-state index >= 15 is 0 Å².